The summed E-state index contributed by atoms with van der Waals surface area (Å²) >= 11 is 0. The molecule has 1 aliphatic rings. The number of hydroxylamine groups is 1. The number of anilines is 1. The molecule has 0 spiro atoms. The molecule has 0 aliphatic carbocycles. The molecule has 0 radical (unpaired) electrons. The smallest absolute Gasteiger partial charge is 0.227 e. The summed E-state index contributed by atoms with van der Waals surface area (Å²) in [7, 11) is 0. The molecule has 1 amide bonds. The normalized spacial score (nSPS) is 16.1. The van der Waals surface area contributed by atoms with Gasteiger partial charge in [-0.15, -0.1) is 0 Å². The molecule has 0 saturated carbocycles. The molecule has 80 valence electrons. The molecule has 15 heavy (non-hydrogen) atoms. The van der Waals surface area contributed by atoms with E-state index < -0.39 is 0 Å². The molecular formula is C11H14N2O2. The lowest BCUT2D eigenvalue weighted by Crippen LogP contribution is -2.23. The molecule has 0 atom stereocenters. The van der Waals surface area contributed by atoms with E-state index in [1.807, 2.05) is 24.3 Å². The third-order valence-electron chi connectivity index (χ3n) is 2.60. The van der Waals surface area contributed by atoms with Gasteiger partial charge in [0, 0.05) is 25.2 Å². The Kier molecular flexibility index (Phi) is 2.99. The van der Waals surface area contributed by atoms with Crippen LogP contribution in [0.3, 0.4) is 0 Å². The Morgan fingerprint density at radius 1 is 1.33 bits per heavy atom. The van der Waals surface area contributed by atoms with Gasteiger partial charge in [0.15, 0.2) is 0 Å². The van der Waals surface area contributed by atoms with Crippen molar-refractivity contribution in [3.05, 3.63) is 29.8 Å². The fourth-order valence-corrected chi connectivity index (χ4v) is 1.81. The molecule has 4 heteroatoms. The van der Waals surface area contributed by atoms with Crippen molar-refractivity contribution < 1.29 is 10.0 Å². The summed E-state index contributed by atoms with van der Waals surface area (Å²) in [6.45, 7) is 1.24. The Morgan fingerprint density at radius 3 is 2.60 bits per heavy atom. The lowest BCUT2D eigenvalue weighted by atomic mass is 10.2. The van der Waals surface area contributed by atoms with Crippen molar-refractivity contribution in [3.8, 4) is 0 Å². The minimum atomic E-state index is 0.197. The number of benzene rings is 1. The van der Waals surface area contributed by atoms with Crippen LogP contribution in [0.5, 0.6) is 0 Å². The zero-order valence-corrected chi connectivity index (χ0v) is 8.44. The van der Waals surface area contributed by atoms with Crippen LogP contribution in [-0.4, -0.2) is 17.7 Å². The van der Waals surface area contributed by atoms with Gasteiger partial charge in [-0.25, -0.2) is 5.48 Å². The average Bonchev–Trinajstić information content (AvgIpc) is 2.66. The second kappa shape index (κ2) is 4.42. The summed E-state index contributed by atoms with van der Waals surface area (Å²) < 4.78 is 0. The highest BCUT2D eigenvalue weighted by Gasteiger charge is 2.21. The number of hydrogen-bond donors (Lipinski definition) is 2. The van der Waals surface area contributed by atoms with E-state index in [-0.39, 0.29) is 5.91 Å². The zero-order valence-electron chi connectivity index (χ0n) is 8.44. The van der Waals surface area contributed by atoms with Crippen molar-refractivity contribution in [2.45, 2.75) is 19.4 Å². The van der Waals surface area contributed by atoms with Gasteiger partial charge in [-0.05, 0) is 24.1 Å². The number of rotatable bonds is 3. The highest BCUT2D eigenvalue weighted by Crippen LogP contribution is 2.21. The summed E-state index contributed by atoms with van der Waals surface area (Å²) in [5, 5.41) is 8.53. The maximum Gasteiger partial charge on any atom is 0.227 e. The van der Waals surface area contributed by atoms with E-state index in [0.717, 1.165) is 24.2 Å². The van der Waals surface area contributed by atoms with Crippen LogP contribution in [0.15, 0.2) is 24.3 Å². The topological polar surface area (TPSA) is 52.6 Å². The largest absolute Gasteiger partial charge is 0.316 e. The van der Waals surface area contributed by atoms with E-state index in [2.05, 4.69) is 5.48 Å². The van der Waals surface area contributed by atoms with Crippen LogP contribution in [0.2, 0.25) is 0 Å². The molecular weight excluding hydrogens is 192 g/mol. The molecule has 2 rings (SSSR count). The van der Waals surface area contributed by atoms with Crippen molar-refractivity contribution >= 4 is 11.6 Å². The number of hydrogen-bond acceptors (Lipinski definition) is 3. The zero-order chi connectivity index (χ0) is 10.7. The Hall–Kier alpha value is -1.39. The summed E-state index contributed by atoms with van der Waals surface area (Å²) in [4.78, 5) is 13.3. The first-order valence-corrected chi connectivity index (χ1v) is 5.07. The van der Waals surface area contributed by atoms with E-state index >= 15 is 0 Å². The van der Waals surface area contributed by atoms with Crippen LogP contribution in [0.25, 0.3) is 0 Å². The van der Waals surface area contributed by atoms with Gasteiger partial charge in [0.2, 0.25) is 5.91 Å². The predicted molar refractivity (Wildman–Crippen MR) is 56.7 cm³/mol. The number of carbonyl (C=O) groups excluding carboxylic acids is 1. The van der Waals surface area contributed by atoms with Crippen LogP contribution in [0.4, 0.5) is 5.69 Å². The maximum atomic E-state index is 11.5. The summed E-state index contributed by atoms with van der Waals surface area (Å²) in [6.07, 6.45) is 1.60. The van der Waals surface area contributed by atoms with Crippen molar-refractivity contribution in [1.82, 2.24) is 5.48 Å². The first-order valence-electron chi connectivity index (χ1n) is 5.07. The lowest BCUT2D eigenvalue weighted by molar-refractivity contribution is -0.117. The first-order chi connectivity index (χ1) is 7.31. The van der Waals surface area contributed by atoms with Crippen LogP contribution in [0, 0.1) is 0 Å². The van der Waals surface area contributed by atoms with Crippen molar-refractivity contribution in [3.63, 3.8) is 0 Å². The van der Waals surface area contributed by atoms with Gasteiger partial charge >= 0.3 is 0 Å². The van der Waals surface area contributed by atoms with Gasteiger partial charge in [0.25, 0.3) is 0 Å². The molecule has 0 aromatic heterocycles. The molecule has 1 saturated heterocycles. The molecule has 1 aliphatic heterocycles. The van der Waals surface area contributed by atoms with Crippen molar-refractivity contribution in [1.29, 1.82) is 0 Å². The minimum absolute atomic E-state index is 0.197. The standard InChI is InChI=1S/C11H14N2O2/c14-11-2-1-7-13(11)10-5-3-9(4-6-10)8-12-15/h3-6,12,15H,1-2,7-8H2. The minimum Gasteiger partial charge on any atom is -0.316 e. The third-order valence-corrected chi connectivity index (χ3v) is 2.60. The van der Waals surface area contributed by atoms with Crippen LogP contribution < -0.4 is 10.4 Å². The van der Waals surface area contributed by atoms with Gasteiger partial charge in [-0.1, -0.05) is 12.1 Å². The monoisotopic (exact) mass is 206 g/mol. The van der Waals surface area contributed by atoms with E-state index in [1.54, 1.807) is 4.90 Å². The van der Waals surface area contributed by atoms with Gasteiger partial charge in [-0.3, -0.25) is 4.79 Å². The Morgan fingerprint density at radius 2 is 2.07 bits per heavy atom. The molecule has 0 bridgehead atoms. The van der Waals surface area contributed by atoms with Crippen LogP contribution in [0.1, 0.15) is 18.4 Å². The van der Waals surface area contributed by atoms with Gasteiger partial charge < -0.3 is 10.1 Å². The molecule has 0 unspecified atom stereocenters. The molecule has 1 aromatic rings. The molecule has 2 N–H and O–H groups in total. The predicted octanol–water partition coefficient (Wildman–Crippen LogP) is 1.29. The van der Waals surface area contributed by atoms with E-state index in [4.69, 9.17) is 5.21 Å². The van der Waals surface area contributed by atoms with Crippen LogP contribution >= 0.6 is 0 Å². The molecule has 1 heterocycles. The fourth-order valence-electron chi connectivity index (χ4n) is 1.81. The van der Waals surface area contributed by atoms with E-state index in [0.29, 0.717) is 13.0 Å². The molecule has 1 aromatic carbocycles. The Balaban J connectivity index is 2.12. The highest BCUT2D eigenvalue weighted by molar-refractivity contribution is 5.95. The third kappa shape index (κ3) is 2.16. The molecule has 1 fully saturated rings. The summed E-state index contributed by atoms with van der Waals surface area (Å²) in [5.74, 6) is 0.197. The van der Waals surface area contributed by atoms with Gasteiger partial charge in [-0.2, -0.15) is 0 Å². The molecule has 4 nitrogen and oxygen atoms in total. The van der Waals surface area contributed by atoms with E-state index in [1.165, 1.54) is 0 Å². The maximum absolute atomic E-state index is 11.5. The summed E-state index contributed by atoms with van der Waals surface area (Å²) in [6, 6.07) is 7.64. The second-order valence-corrected chi connectivity index (χ2v) is 3.65. The number of nitrogens with zero attached hydrogens (tertiary/aromatic N) is 1. The summed E-state index contributed by atoms with van der Waals surface area (Å²) in [5.41, 5.74) is 4.04. The number of nitrogens with one attached hydrogen (secondary N) is 1. The SMILES string of the molecule is O=C1CCCN1c1ccc(CNO)cc1. The van der Waals surface area contributed by atoms with Crippen molar-refractivity contribution in [2.75, 3.05) is 11.4 Å². The van der Waals surface area contributed by atoms with Crippen LogP contribution in [-0.2, 0) is 11.3 Å². The highest BCUT2D eigenvalue weighted by atomic mass is 16.5. The number of carbonyl (C=O) groups is 1. The van der Waals surface area contributed by atoms with Gasteiger partial charge in [0.1, 0.15) is 0 Å². The van der Waals surface area contributed by atoms with Crippen molar-refractivity contribution in [2.24, 2.45) is 0 Å². The second-order valence-electron chi connectivity index (χ2n) is 3.65. The number of amides is 1. The first kappa shape index (κ1) is 10.1. The fraction of sp³-hybridized carbons (Fsp3) is 0.364. The van der Waals surface area contributed by atoms with E-state index in [9.17, 15) is 4.79 Å². The lowest BCUT2D eigenvalue weighted by Gasteiger charge is -2.15. The van der Waals surface area contributed by atoms with Gasteiger partial charge in [0.05, 0.1) is 0 Å². The Bertz CT molecular complexity index is 348. The average molecular weight is 206 g/mol. The quantitative estimate of drug-likeness (QED) is 0.733. The Labute approximate surface area is 88.5 Å².